The number of hydrogen-bond acceptors (Lipinski definition) is 3. The van der Waals surface area contributed by atoms with Crippen LogP contribution in [0.25, 0.3) is 11.0 Å². The number of furan rings is 1. The summed E-state index contributed by atoms with van der Waals surface area (Å²) >= 11 is 0. The van der Waals surface area contributed by atoms with Crippen molar-refractivity contribution >= 4 is 11.0 Å². The highest BCUT2D eigenvalue weighted by Gasteiger charge is 2.27. The topological polar surface area (TPSA) is 36.6 Å². The highest BCUT2D eigenvalue weighted by molar-refractivity contribution is 5.81. The molecule has 1 aromatic heterocycles. The van der Waals surface area contributed by atoms with Gasteiger partial charge in [-0.15, -0.1) is 0 Å². The third kappa shape index (κ3) is 3.21. The molecule has 1 aromatic carbocycles. The van der Waals surface area contributed by atoms with E-state index < -0.39 is 0 Å². The summed E-state index contributed by atoms with van der Waals surface area (Å²) in [7, 11) is 0. The Morgan fingerprint density at radius 3 is 2.68 bits per heavy atom. The van der Waals surface area contributed by atoms with E-state index in [9.17, 15) is 5.11 Å². The van der Waals surface area contributed by atoms with Crippen molar-refractivity contribution in [3.05, 3.63) is 35.6 Å². The van der Waals surface area contributed by atoms with Gasteiger partial charge in [0.05, 0.1) is 6.10 Å². The molecule has 3 heteroatoms. The SMILES string of the molecule is Cc1cc2cccc(CN3CCC([C@H](O)C(C)C)CC3)c2o1. The van der Waals surface area contributed by atoms with Crippen LogP contribution in [-0.2, 0) is 6.54 Å². The Balaban J connectivity index is 1.65. The fourth-order valence-electron chi connectivity index (χ4n) is 3.61. The molecule has 2 heterocycles. The smallest absolute Gasteiger partial charge is 0.138 e. The van der Waals surface area contributed by atoms with E-state index in [-0.39, 0.29) is 6.10 Å². The molecule has 0 saturated carbocycles. The summed E-state index contributed by atoms with van der Waals surface area (Å²) in [5, 5.41) is 11.4. The second kappa shape index (κ2) is 6.43. The number of hydrogen-bond donors (Lipinski definition) is 1. The summed E-state index contributed by atoms with van der Waals surface area (Å²) in [5.74, 6) is 1.79. The van der Waals surface area contributed by atoms with Gasteiger partial charge < -0.3 is 9.52 Å². The van der Waals surface area contributed by atoms with Crippen LogP contribution in [0.3, 0.4) is 0 Å². The standard InChI is InChI=1S/C19H27NO2/c1-13(2)18(21)15-7-9-20(10-8-15)12-17-6-4-5-16-11-14(3)22-19(16)17/h4-6,11,13,15,18,21H,7-10,12H2,1-3H3/t18-/m1/s1. The molecule has 1 N–H and O–H groups in total. The monoisotopic (exact) mass is 301 g/mol. The van der Waals surface area contributed by atoms with Crippen molar-refractivity contribution in [2.75, 3.05) is 13.1 Å². The fourth-order valence-corrected chi connectivity index (χ4v) is 3.61. The van der Waals surface area contributed by atoms with Crippen molar-refractivity contribution in [3.8, 4) is 0 Å². The van der Waals surface area contributed by atoms with Crippen molar-refractivity contribution in [2.45, 2.75) is 46.3 Å². The molecule has 1 saturated heterocycles. The third-order valence-corrected chi connectivity index (χ3v) is 4.94. The molecule has 2 aromatic rings. The lowest BCUT2D eigenvalue weighted by atomic mass is 9.85. The van der Waals surface area contributed by atoms with Crippen LogP contribution in [0, 0.1) is 18.8 Å². The highest BCUT2D eigenvalue weighted by atomic mass is 16.3. The molecule has 0 aliphatic carbocycles. The third-order valence-electron chi connectivity index (χ3n) is 4.94. The summed E-state index contributed by atoms with van der Waals surface area (Å²) in [6.45, 7) is 9.28. The average molecular weight is 301 g/mol. The van der Waals surface area contributed by atoms with Crippen LogP contribution in [0.5, 0.6) is 0 Å². The summed E-state index contributed by atoms with van der Waals surface area (Å²) in [6, 6.07) is 8.49. The number of fused-ring (bicyclic) bond motifs is 1. The number of aryl methyl sites for hydroxylation is 1. The second-order valence-corrected chi connectivity index (χ2v) is 7.04. The Morgan fingerprint density at radius 1 is 1.27 bits per heavy atom. The Kier molecular flexibility index (Phi) is 4.55. The molecular weight excluding hydrogens is 274 g/mol. The molecule has 120 valence electrons. The van der Waals surface area contributed by atoms with E-state index in [1.807, 2.05) is 6.92 Å². The largest absolute Gasteiger partial charge is 0.461 e. The normalized spacial score (nSPS) is 19.1. The molecule has 0 bridgehead atoms. The summed E-state index contributed by atoms with van der Waals surface area (Å²) in [5.41, 5.74) is 2.30. The van der Waals surface area contributed by atoms with Gasteiger partial charge in [0.25, 0.3) is 0 Å². The molecule has 0 unspecified atom stereocenters. The predicted octanol–water partition coefficient (Wildman–Crippen LogP) is 3.97. The maximum atomic E-state index is 10.2. The molecule has 3 rings (SSSR count). The lowest BCUT2D eigenvalue weighted by Crippen LogP contribution is -2.39. The Labute approximate surface area is 132 Å². The summed E-state index contributed by atoms with van der Waals surface area (Å²) in [6.07, 6.45) is 2.03. The molecule has 22 heavy (non-hydrogen) atoms. The zero-order valence-corrected chi connectivity index (χ0v) is 13.9. The van der Waals surface area contributed by atoms with Crippen LogP contribution >= 0.6 is 0 Å². The number of piperidine rings is 1. The van der Waals surface area contributed by atoms with Gasteiger partial charge in [-0.2, -0.15) is 0 Å². The van der Waals surface area contributed by atoms with Gasteiger partial charge in [-0.1, -0.05) is 32.0 Å². The van der Waals surface area contributed by atoms with Gasteiger partial charge in [0.1, 0.15) is 11.3 Å². The Morgan fingerprint density at radius 2 is 2.00 bits per heavy atom. The number of nitrogens with zero attached hydrogens (tertiary/aromatic N) is 1. The van der Waals surface area contributed by atoms with E-state index >= 15 is 0 Å². The van der Waals surface area contributed by atoms with Gasteiger partial charge >= 0.3 is 0 Å². The van der Waals surface area contributed by atoms with E-state index in [1.165, 1.54) is 10.9 Å². The lowest BCUT2D eigenvalue weighted by Gasteiger charge is -2.35. The minimum atomic E-state index is -0.154. The lowest BCUT2D eigenvalue weighted by molar-refractivity contribution is 0.0270. The van der Waals surface area contributed by atoms with Gasteiger partial charge in [-0.05, 0) is 50.8 Å². The van der Waals surface area contributed by atoms with Gasteiger partial charge in [0, 0.05) is 17.5 Å². The summed E-state index contributed by atoms with van der Waals surface area (Å²) < 4.78 is 5.86. The van der Waals surface area contributed by atoms with Gasteiger partial charge in [0.15, 0.2) is 0 Å². The Bertz CT molecular complexity index is 623. The quantitative estimate of drug-likeness (QED) is 0.928. The molecule has 1 aliphatic rings. The second-order valence-electron chi connectivity index (χ2n) is 7.04. The van der Waals surface area contributed by atoms with E-state index in [1.54, 1.807) is 0 Å². The van der Waals surface area contributed by atoms with Crippen molar-refractivity contribution < 1.29 is 9.52 Å². The molecule has 1 atom stereocenters. The minimum Gasteiger partial charge on any atom is -0.461 e. The van der Waals surface area contributed by atoms with E-state index in [4.69, 9.17) is 4.42 Å². The van der Waals surface area contributed by atoms with Crippen LogP contribution in [-0.4, -0.2) is 29.2 Å². The number of benzene rings is 1. The number of rotatable bonds is 4. The first-order valence-corrected chi connectivity index (χ1v) is 8.43. The van der Waals surface area contributed by atoms with E-state index in [2.05, 4.69) is 43.0 Å². The number of aliphatic hydroxyl groups is 1. The van der Waals surface area contributed by atoms with Gasteiger partial charge in [0.2, 0.25) is 0 Å². The van der Waals surface area contributed by atoms with Crippen LogP contribution in [0.1, 0.15) is 38.0 Å². The number of aliphatic hydroxyl groups excluding tert-OH is 1. The van der Waals surface area contributed by atoms with Gasteiger partial charge in [-0.25, -0.2) is 0 Å². The van der Waals surface area contributed by atoms with E-state index in [0.717, 1.165) is 43.8 Å². The molecule has 1 aliphatic heterocycles. The maximum absolute atomic E-state index is 10.2. The zero-order chi connectivity index (χ0) is 15.7. The van der Waals surface area contributed by atoms with Crippen LogP contribution < -0.4 is 0 Å². The first-order valence-electron chi connectivity index (χ1n) is 8.43. The van der Waals surface area contributed by atoms with Crippen LogP contribution in [0.15, 0.2) is 28.7 Å². The van der Waals surface area contributed by atoms with E-state index in [0.29, 0.717) is 11.8 Å². The molecule has 1 fully saturated rings. The first-order chi connectivity index (χ1) is 10.5. The maximum Gasteiger partial charge on any atom is 0.138 e. The minimum absolute atomic E-state index is 0.154. The van der Waals surface area contributed by atoms with Gasteiger partial charge in [-0.3, -0.25) is 4.90 Å². The zero-order valence-electron chi connectivity index (χ0n) is 13.9. The van der Waals surface area contributed by atoms with Crippen LogP contribution in [0.2, 0.25) is 0 Å². The molecule has 0 radical (unpaired) electrons. The van der Waals surface area contributed by atoms with Crippen LogP contribution in [0.4, 0.5) is 0 Å². The fraction of sp³-hybridized carbons (Fsp3) is 0.579. The highest BCUT2D eigenvalue weighted by Crippen LogP contribution is 2.28. The van der Waals surface area contributed by atoms with Crippen molar-refractivity contribution in [1.82, 2.24) is 4.90 Å². The predicted molar refractivity (Wildman–Crippen MR) is 89.8 cm³/mol. The van der Waals surface area contributed by atoms with Crippen molar-refractivity contribution in [3.63, 3.8) is 0 Å². The number of para-hydroxylation sites is 1. The number of likely N-dealkylation sites (tertiary alicyclic amines) is 1. The van der Waals surface area contributed by atoms with Crippen molar-refractivity contribution in [2.24, 2.45) is 11.8 Å². The average Bonchev–Trinajstić information content (AvgIpc) is 2.88. The Hall–Kier alpha value is -1.32. The molecule has 0 amide bonds. The molecule has 0 spiro atoms. The van der Waals surface area contributed by atoms with Crippen molar-refractivity contribution in [1.29, 1.82) is 0 Å². The summed E-state index contributed by atoms with van der Waals surface area (Å²) in [4.78, 5) is 2.48. The first kappa shape index (κ1) is 15.6. The molecular formula is C19H27NO2. The molecule has 3 nitrogen and oxygen atoms in total.